The summed E-state index contributed by atoms with van der Waals surface area (Å²) in [5.41, 5.74) is 2.26. The molecule has 3 aromatic rings. The van der Waals surface area contributed by atoms with Crippen molar-refractivity contribution in [3.63, 3.8) is 0 Å². The fraction of sp³-hybridized carbons (Fsp3) is 0.250. The molecule has 0 atom stereocenters. The summed E-state index contributed by atoms with van der Waals surface area (Å²) in [6, 6.07) is 12.6. The molecule has 0 saturated carbocycles. The lowest BCUT2D eigenvalue weighted by molar-refractivity contribution is 0.102. The Kier molecular flexibility index (Phi) is 4.81. The van der Waals surface area contributed by atoms with Crippen LogP contribution in [0.1, 0.15) is 23.3 Å². The van der Waals surface area contributed by atoms with Gasteiger partial charge in [-0.25, -0.2) is 9.97 Å². The first-order valence-corrected chi connectivity index (χ1v) is 9.20. The Bertz CT molecular complexity index is 1000. The predicted octanol–water partition coefficient (Wildman–Crippen LogP) is 4.14. The Morgan fingerprint density at radius 3 is 2.52 bits per heavy atom. The summed E-state index contributed by atoms with van der Waals surface area (Å²) < 4.78 is 5.32. The van der Waals surface area contributed by atoms with Gasteiger partial charge in [0.2, 0.25) is 0 Å². The first-order valence-electron chi connectivity index (χ1n) is 8.82. The molecule has 2 aromatic carbocycles. The minimum atomic E-state index is -0.337. The zero-order valence-electron chi connectivity index (χ0n) is 14.9. The normalized spacial score (nSPS) is 13.8. The highest BCUT2D eigenvalue weighted by Crippen LogP contribution is 2.30. The number of para-hydroxylation sites is 2. The molecular formula is C20H19ClN4O2. The second-order valence-corrected chi connectivity index (χ2v) is 6.81. The van der Waals surface area contributed by atoms with Gasteiger partial charge in [0.15, 0.2) is 11.5 Å². The van der Waals surface area contributed by atoms with E-state index in [1.54, 1.807) is 25.3 Å². The number of halogens is 1. The summed E-state index contributed by atoms with van der Waals surface area (Å²) >= 11 is 6.07. The smallest absolute Gasteiger partial charge is 0.278 e. The highest BCUT2D eigenvalue weighted by Gasteiger charge is 2.24. The van der Waals surface area contributed by atoms with Gasteiger partial charge in [0, 0.05) is 18.1 Å². The molecule has 138 valence electrons. The number of anilines is 2. The first kappa shape index (κ1) is 17.5. The molecule has 1 saturated heterocycles. The van der Waals surface area contributed by atoms with Gasteiger partial charge in [0.1, 0.15) is 5.75 Å². The van der Waals surface area contributed by atoms with Crippen LogP contribution in [0.2, 0.25) is 5.02 Å². The number of nitrogens with one attached hydrogen (secondary N) is 1. The second-order valence-electron chi connectivity index (χ2n) is 6.38. The van der Waals surface area contributed by atoms with E-state index in [2.05, 4.69) is 15.2 Å². The van der Waals surface area contributed by atoms with Crippen molar-refractivity contribution >= 4 is 40.0 Å². The molecule has 1 aliphatic heterocycles. The van der Waals surface area contributed by atoms with Crippen molar-refractivity contribution in [3.05, 3.63) is 53.2 Å². The number of rotatable bonds is 4. The minimum absolute atomic E-state index is 0.303. The molecule has 7 heteroatoms. The molecule has 4 rings (SSSR count). The summed E-state index contributed by atoms with van der Waals surface area (Å²) in [7, 11) is 1.55. The van der Waals surface area contributed by atoms with E-state index < -0.39 is 0 Å². The highest BCUT2D eigenvalue weighted by molar-refractivity contribution is 6.31. The van der Waals surface area contributed by atoms with Crippen molar-refractivity contribution < 1.29 is 9.53 Å². The number of aromatic nitrogens is 2. The van der Waals surface area contributed by atoms with Crippen LogP contribution in [0.25, 0.3) is 11.0 Å². The van der Waals surface area contributed by atoms with E-state index in [-0.39, 0.29) is 5.91 Å². The van der Waals surface area contributed by atoms with Crippen LogP contribution in [0, 0.1) is 0 Å². The van der Waals surface area contributed by atoms with Gasteiger partial charge in [-0.05, 0) is 43.2 Å². The Morgan fingerprint density at radius 1 is 1.11 bits per heavy atom. The molecule has 1 amide bonds. The molecule has 1 aliphatic rings. The molecule has 0 radical (unpaired) electrons. The van der Waals surface area contributed by atoms with Crippen molar-refractivity contribution in [1.82, 2.24) is 9.97 Å². The van der Waals surface area contributed by atoms with Gasteiger partial charge in [-0.2, -0.15) is 0 Å². The molecule has 6 nitrogen and oxygen atoms in total. The Balaban J connectivity index is 1.76. The van der Waals surface area contributed by atoms with E-state index >= 15 is 0 Å². The van der Waals surface area contributed by atoms with Crippen LogP contribution < -0.4 is 15.0 Å². The quantitative estimate of drug-likeness (QED) is 0.734. The average Bonchev–Trinajstić information content (AvgIpc) is 3.22. The summed E-state index contributed by atoms with van der Waals surface area (Å²) in [4.78, 5) is 24.5. The minimum Gasteiger partial charge on any atom is -0.495 e. The highest BCUT2D eigenvalue weighted by atomic mass is 35.5. The van der Waals surface area contributed by atoms with Crippen molar-refractivity contribution in [2.45, 2.75) is 12.8 Å². The predicted molar refractivity (Wildman–Crippen MR) is 107 cm³/mol. The number of hydrogen-bond donors (Lipinski definition) is 1. The number of nitrogens with zero attached hydrogens (tertiary/aromatic N) is 3. The lowest BCUT2D eigenvalue weighted by atomic mass is 10.2. The third-order valence-corrected chi connectivity index (χ3v) is 4.82. The zero-order chi connectivity index (χ0) is 18.8. The molecule has 2 heterocycles. The molecule has 27 heavy (non-hydrogen) atoms. The van der Waals surface area contributed by atoms with Crippen LogP contribution in [0.3, 0.4) is 0 Å². The summed E-state index contributed by atoms with van der Waals surface area (Å²) in [5.74, 6) is 0.810. The number of carbonyl (C=O) groups is 1. The lowest BCUT2D eigenvalue weighted by Crippen LogP contribution is -2.25. The van der Waals surface area contributed by atoms with Gasteiger partial charge in [-0.3, -0.25) is 4.79 Å². The molecule has 0 aliphatic carbocycles. The molecule has 0 unspecified atom stereocenters. The maximum absolute atomic E-state index is 13.1. The van der Waals surface area contributed by atoms with E-state index in [1.807, 2.05) is 24.3 Å². The molecule has 1 fully saturated rings. The molecule has 0 bridgehead atoms. The standard InChI is InChI=1S/C20H19ClN4O2/c1-27-17-9-8-13(21)12-16(17)24-20(26)18-19(25-10-4-5-11-25)23-15-7-3-2-6-14(15)22-18/h2-3,6-9,12H,4-5,10-11H2,1H3,(H,24,26). The number of benzene rings is 2. The number of carbonyl (C=O) groups excluding carboxylic acids is 1. The number of ether oxygens (including phenoxy) is 1. The Hall–Kier alpha value is -2.86. The van der Waals surface area contributed by atoms with Crippen molar-refractivity contribution in [1.29, 1.82) is 0 Å². The number of methoxy groups -OCH3 is 1. The molecular weight excluding hydrogens is 364 g/mol. The summed E-state index contributed by atoms with van der Waals surface area (Å²) in [6.07, 6.45) is 2.16. The van der Waals surface area contributed by atoms with Gasteiger partial charge >= 0.3 is 0 Å². The van der Waals surface area contributed by atoms with Crippen LogP contribution in [-0.4, -0.2) is 36.1 Å². The topological polar surface area (TPSA) is 67.3 Å². The van der Waals surface area contributed by atoms with Crippen LogP contribution >= 0.6 is 11.6 Å². The van der Waals surface area contributed by atoms with Crippen LogP contribution in [0.5, 0.6) is 5.75 Å². The van der Waals surface area contributed by atoms with Gasteiger partial charge < -0.3 is 15.0 Å². The fourth-order valence-electron chi connectivity index (χ4n) is 3.25. The maximum atomic E-state index is 13.1. The third-order valence-electron chi connectivity index (χ3n) is 4.58. The van der Waals surface area contributed by atoms with Crippen molar-refractivity contribution in [3.8, 4) is 5.75 Å². The van der Waals surface area contributed by atoms with Gasteiger partial charge in [0.25, 0.3) is 5.91 Å². The van der Waals surface area contributed by atoms with E-state index in [1.165, 1.54) is 0 Å². The summed E-state index contributed by atoms with van der Waals surface area (Å²) in [6.45, 7) is 1.74. The second kappa shape index (κ2) is 7.40. The number of amides is 1. The monoisotopic (exact) mass is 382 g/mol. The number of fused-ring (bicyclic) bond motifs is 1. The van der Waals surface area contributed by atoms with E-state index in [0.29, 0.717) is 33.5 Å². The van der Waals surface area contributed by atoms with E-state index in [9.17, 15) is 4.79 Å². The van der Waals surface area contributed by atoms with Crippen LogP contribution in [0.15, 0.2) is 42.5 Å². The molecule has 0 spiro atoms. The van der Waals surface area contributed by atoms with Gasteiger partial charge in [0.05, 0.1) is 23.8 Å². The van der Waals surface area contributed by atoms with Gasteiger partial charge in [-0.15, -0.1) is 0 Å². The van der Waals surface area contributed by atoms with Crippen LogP contribution in [-0.2, 0) is 0 Å². The lowest BCUT2D eigenvalue weighted by Gasteiger charge is -2.20. The third kappa shape index (κ3) is 3.53. The van der Waals surface area contributed by atoms with E-state index in [0.717, 1.165) is 31.4 Å². The summed E-state index contributed by atoms with van der Waals surface area (Å²) in [5, 5.41) is 3.38. The van der Waals surface area contributed by atoms with E-state index in [4.69, 9.17) is 21.3 Å². The first-order chi connectivity index (χ1) is 13.2. The zero-order valence-corrected chi connectivity index (χ0v) is 15.7. The Labute approximate surface area is 162 Å². The Morgan fingerprint density at radius 2 is 1.81 bits per heavy atom. The SMILES string of the molecule is COc1ccc(Cl)cc1NC(=O)c1nc2ccccc2nc1N1CCCC1. The molecule has 1 aromatic heterocycles. The fourth-order valence-corrected chi connectivity index (χ4v) is 3.42. The maximum Gasteiger partial charge on any atom is 0.278 e. The van der Waals surface area contributed by atoms with Gasteiger partial charge in [-0.1, -0.05) is 23.7 Å². The van der Waals surface area contributed by atoms with Crippen molar-refractivity contribution in [2.75, 3.05) is 30.4 Å². The largest absolute Gasteiger partial charge is 0.495 e. The van der Waals surface area contributed by atoms with Crippen molar-refractivity contribution in [2.24, 2.45) is 0 Å². The number of hydrogen-bond acceptors (Lipinski definition) is 5. The molecule has 1 N–H and O–H groups in total. The average molecular weight is 383 g/mol. The van der Waals surface area contributed by atoms with Crippen LogP contribution in [0.4, 0.5) is 11.5 Å².